The van der Waals surface area contributed by atoms with E-state index in [-0.39, 0.29) is 0 Å². The lowest BCUT2D eigenvalue weighted by Gasteiger charge is -2.07. The normalized spacial score (nSPS) is 10.5. The van der Waals surface area contributed by atoms with Crippen LogP contribution in [0.15, 0.2) is 30.3 Å². The van der Waals surface area contributed by atoms with Crippen molar-refractivity contribution in [2.24, 2.45) is 0 Å². The average molecular weight is 231 g/mol. The maximum absolute atomic E-state index is 5.69. The minimum Gasteiger partial charge on any atom is -0.487 e. The van der Waals surface area contributed by atoms with Gasteiger partial charge in [-0.15, -0.1) is 0 Å². The van der Waals surface area contributed by atoms with Gasteiger partial charge in [-0.25, -0.2) is 0 Å². The highest BCUT2D eigenvalue weighted by Gasteiger charge is 2.04. The Morgan fingerprint density at radius 3 is 2.65 bits per heavy atom. The molecule has 0 bridgehead atoms. The molecule has 1 aromatic heterocycles. The van der Waals surface area contributed by atoms with Crippen LogP contribution >= 0.6 is 0 Å². The van der Waals surface area contributed by atoms with E-state index >= 15 is 0 Å². The van der Waals surface area contributed by atoms with Crippen LogP contribution in [-0.2, 0) is 13.2 Å². The van der Waals surface area contributed by atoms with Crippen LogP contribution in [0.1, 0.15) is 18.3 Å². The number of hydrogen-bond acceptors (Lipinski definition) is 3. The SMILES string of the molecule is CCn1nc(C)cc1COc1ccc(N)cc1. The van der Waals surface area contributed by atoms with E-state index in [9.17, 15) is 0 Å². The molecule has 1 aromatic carbocycles. The molecule has 0 unspecified atom stereocenters. The first-order valence-corrected chi connectivity index (χ1v) is 5.70. The van der Waals surface area contributed by atoms with Gasteiger partial charge in [0, 0.05) is 12.2 Å². The monoisotopic (exact) mass is 231 g/mol. The molecule has 0 radical (unpaired) electrons. The Morgan fingerprint density at radius 2 is 2.00 bits per heavy atom. The summed E-state index contributed by atoms with van der Waals surface area (Å²) in [7, 11) is 0. The van der Waals surface area contributed by atoms with E-state index in [0.717, 1.165) is 29.4 Å². The van der Waals surface area contributed by atoms with Crippen LogP contribution in [0.2, 0.25) is 0 Å². The fourth-order valence-corrected chi connectivity index (χ4v) is 1.71. The molecule has 90 valence electrons. The van der Waals surface area contributed by atoms with Crippen molar-refractivity contribution in [3.63, 3.8) is 0 Å². The second-order valence-corrected chi connectivity index (χ2v) is 3.95. The predicted octanol–water partition coefficient (Wildman–Crippen LogP) is 2.37. The molecule has 2 rings (SSSR count). The first kappa shape index (κ1) is 11.5. The van der Waals surface area contributed by atoms with Crippen LogP contribution in [-0.4, -0.2) is 9.78 Å². The summed E-state index contributed by atoms with van der Waals surface area (Å²) in [5, 5.41) is 4.37. The van der Waals surface area contributed by atoms with Crippen molar-refractivity contribution in [3.8, 4) is 5.75 Å². The molecule has 1 heterocycles. The van der Waals surface area contributed by atoms with Gasteiger partial charge in [-0.3, -0.25) is 4.68 Å². The van der Waals surface area contributed by atoms with Crippen LogP contribution in [0.25, 0.3) is 0 Å². The summed E-state index contributed by atoms with van der Waals surface area (Å²) >= 11 is 0. The lowest BCUT2D eigenvalue weighted by molar-refractivity contribution is 0.292. The van der Waals surface area contributed by atoms with Crippen LogP contribution in [0.3, 0.4) is 0 Å². The van der Waals surface area contributed by atoms with Crippen LogP contribution in [0.5, 0.6) is 5.75 Å². The standard InChI is InChI=1S/C13H17N3O/c1-3-16-12(8-10(2)15-16)9-17-13-6-4-11(14)5-7-13/h4-8H,3,9,14H2,1-2H3. The molecular formula is C13H17N3O. The molecule has 17 heavy (non-hydrogen) atoms. The molecule has 0 saturated carbocycles. The number of anilines is 1. The summed E-state index contributed by atoms with van der Waals surface area (Å²) in [5.74, 6) is 0.820. The molecule has 0 spiro atoms. The zero-order valence-corrected chi connectivity index (χ0v) is 10.2. The van der Waals surface area contributed by atoms with Crippen LogP contribution < -0.4 is 10.5 Å². The number of nitrogen functional groups attached to an aromatic ring is 1. The number of nitrogens with two attached hydrogens (primary N) is 1. The van der Waals surface area contributed by atoms with Gasteiger partial charge >= 0.3 is 0 Å². The highest BCUT2D eigenvalue weighted by molar-refractivity contribution is 5.41. The van der Waals surface area contributed by atoms with Gasteiger partial charge < -0.3 is 10.5 Å². The number of hydrogen-bond donors (Lipinski definition) is 1. The minimum atomic E-state index is 0.526. The maximum atomic E-state index is 5.69. The van der Waals surface area contributed by atoms with Crippen molar-refractivity contribution in [1.29, 1.82) is 0 Å². The molecule has 0 amide bonds. The number of rotatable bonds is 4. The lowest BCUT2D eigenvalue weighted by Crippen LogP contribution is -2.06. The van der Waals surface area contributed by atoms with Gasteiger partial charge in [0.05, 0.1) is 11.4 Å². The maximum Gasteiger partial charge on any atom is 0.130 e. The van der Waals surface area contributed by atoms with Crippen molar-refractivity contribution < 1.29 is 4.74 Å². The number of ether oxygens (including phenoxy) is 1. The minimum absolute atomic E-state index is 0.526. The Hall–Kier alpha value is -1.97. The van der Waals surface area contributed by atoms with Gasteiger partial charge in [-0.2, -0.15) is 5.10 Å². The number of benzene rings is 1. The number of aromatic nitrogens is 2. The van der Waals surface area contributed by atoms with Gasteiger partial charge in [-0.05, 0) is 44.2 Å². The first-order valence-electron chi connectivity index (χ1n) is 5.70. The number of aryl methyl sites for hydroxylation is 2. The molecule has 0 atom stereocenters. The second kappa shape index (κ2) is 4.91. The van der Waals surface area contributed by atoms with Gasteiger partial charge in [0.25, 0.3) is 0 Å². The Bertz CT molecular complexity index is 488. The predicted molar refractivity (Wildman–Crippen MR) is 67.8 cm³/mol. The first-order chi connectivity index (χ1) is 8.19. The second-order valence-electron chi connectivity index (χ2n) is 3.95. The smallest absolute Gasteiger partial charge is 0.130 e. The fourth-order valence-electron chi connectivity index (χ4n) is 1.71. The zero-order valence-electron chi connectivity index (χ0n) is 10.2. The Kier molecular flexibility index (Phi) is 3.32. The highest BCUT2D eigenvalue weighted by atomic mass is 16.5. The van der Waals surface area contributed by atoms with Crippen molar-refractivity contribution >= 4 is 5.69 Å². The van der Waals surface area contributed by atoms with E-state index < -0.39 is 0 Å². The van der Waals surface area contributed by atoms with E-state index in [1.54, 1.807) is 0 Å². The van der Waals surface area contributed by atoms with Gasteiger partial charge in [0.15, 0.2) is 0 Å². The fraction of sp³-hybridized carbons (Fsp3) is 0.308. The van der Waals surface area contributed by atoms with Crippen LogP contribution in [0, 0.1) is 6.92 Å². The highest BCUT2D eigenvalue weighted by Crippen LogP contribution is 2.15. The van der Waals surface area contributed by atoms with Gasteiger partial charge in [0.1, 0.15) is 12.4 Å². The largest absolute Gasteiger partial charge is 0.487 e. The molecule has 0 aliphatic rings. The Labute approximate surface area is 101 Å². The van der Waals surface area contributed by atoms with Crippen molar-refractivity contribution in [2.45, 2.75) is 27.0 Å². The van der Waals surface area contributed by atoms with E-state index in [4.69, 9.17) is 10.5 Å². The molecule has 0 fully saturated rings. The third-order valence-electron chi connectivity index (χ3n) is 2.55. The molecular weight excluding hydrogens is 214 g/mol. The van der Waals surface area contributed by atoms with E-state index in [0.29, 0.717) is 6.61 Å². The van der Waals surface area contributed by atoms with E-state index in [1.165, 1.54) is 0 Å². The van der Waals surface area contributed by atoms with E-state index in [1.807, 2.05) is 41.9 Å². The number of nitrogens with zero attached hydrogens (tertiary/aromatic N) is 2. The summed E-state index contributed by atoms with van der Waals surface area (Å²) in [4.78, 5) is 0. The molecule has 2 N–H and O–H groups in total. The summed E-state index contributed by atoms with van der Waals surface area (Å²) in [6, 6.07) is 9.44. The summed E-state index contributed by atoms with van der Waals surface area (Å²) in [6.07, 6.45) is 0. The molecule has 0 aliphatic heterocycles. The van der Waals surface area contributed by atoms with Crippen molar-refractivity contribution in [2.75, 3.05) is 5.73 Å². The van der Waals surface area contributed by atoms with Crippen LogP contribution in [0.4, 0.5) is 5.69 Å². The molecule has 4 nitrogen and oxygen atoms in total. The third-order valence-corrected chi connectivity index (χ3v) is 2.55. The van der Waals surface area contributed by atoms with E-state index in [2.05, 4.69) is 12.0 Å². The zero-order chi connectivity index (χ0) is 12.3. The average Bonchev–Trinajstić information content (AvgIpc) is 2.69. The van der Waals surface area contributed by atoms with Crippen molar-refractivity contribution in [3.05, 3.63) is 41.7 Å². The third kappa shape index (κ3) is 2.78. The quantitative estimate of drug-likeness (QED) is 0.822. The topological polar surface area (TPSA) is 53.1 Å². The molecule has 0 saturated heterocycles. The van der Waals surface area contributed by atoms with Crippen molar-refractivity contribution in [1.82, 2.24) is 9.78 Å². The Balaban J connectivity index is 2.04. The molecule has 4 heteroatoms. The van der Waals surface area contributed by atoms with Gasteiger partial charge in [0.2, 0.25) is 0 Å². The molecule has 0 aliphatic carbocycles. The summed E-state index contributed by atoms with van der Waals surface area (Å²) < 4.78 is 7.64. The Morgan fingerprint density at radius 1 is 1.29 bits per heavy atom. The molecule has 2 aromatic rings. The summed E-state index contributed by atoms with van der Waals surface area (Å²) in [6.45, 7) is 5.44. The lowest BCUT2D eigenvalue weighted by atomic mass is 10.3. The summed E-state index contributed by atoms with van der Waals surface area (Å²) in [5.41, 5.74) is 8.46. The van der Waals surface area contributed by atoms with Gasteiger partial charge in [-0.1, -0.05) is 0 Å².